The van der Waals surface area contributed by atoms with Crippen molar-refractivity contribution in [1.82, 2.24) is 15.1 Å². The minimum Gasteiger partial charge on any atom is -0.392 e. The summed E-state index contributed by atoms with van der Waals surface area (Å²) in [5.41, 5.74) is 2.36. The second-order valence-electron chi connectivity index (χ2n) is 7.03. The fourth-order valence-corrected chi connectivity index (χ4v) is 3.50. The van der Waals surface area contributed by atoms with Gasteiger partial charge in [0.15, 0.2) is 0 Å². The molecule has 1 unspecified atom stereocenters. The highest BCUT2D eigenvalue weighted by atomic mass is 16.3. The van der Waals surface area contributed by atoms with Crippen LogP contribution in [0.15, 0.2) is 24.3 Å². The molecule has 0 radical (unpaired) electrons. The molecule has 1 aliphatic rings. The van der Waals surface area contributed by atoms with E-state index >= 15 is 0 Å². The van der Waals surface area contributed by atoms with Crippen molar-refractivity contribution in [2.75, 3.05) is 26.7 Å². The molecule has 1 heterocycles. The number of amides is 2. The van der Waals surface area contributed by atoms with Crippen LogP contribution in [0.3, 0.4) is 0 Å². The minimum absolute atomic E-state index is 0.00864. The highest BCUT2D eigenvalue weighted by Gasteiger charge is 2.26. The summed E-state index contributed by atoms with van der Waals surface area (Å²) in [6.45, 7) is 8.13. The first kappa shape index (κ1) is 18.7. The first-order chi connectivity index (χ1) is 11.4. The predicted octanol–water partition coefficient (Wildman–Crippen LogP) is 2.54. The molecule has 0 bridgehead atoms. The Labute approximate surface area is 145 Å². The first-order valence-corrected chi connectivity index (χ1v) is 8.87. The van der Waals surface area contributed by atoms with E-state index in [1.165, 1.54) is 5.56 Å². The van der Waals surface area contributed by atoms with Crippen LogP contribution in [0.4, 0.5) is 4.79 Å². The molecule has 2 atom stereocenters. The standard InChI is InChI=1S/C19H31N3O2/c1-14-7-5-6-8-18(14)16(3)20-19(24)22-11-9-17(10-12-22)21(4)13-15(2)23/h5-8,15-17,23H,9-13H2,1-4H3,(H,20,24)/t15?,16-/m1/s1. The molecule has 1 aliphatic heterocycles. The van der Waals surface area contributed by atoms with Crippen LogP contribution in [0, 0.1) is 6.92 Å². The second kappa shape index (κ2) is 8.49. The van der Waals surface area contributed by atoms with Crippen molar-refractivity contribution in [3.8, 4) is 0 Å². The van der Waals surface area contributed by atoms with E-state index in [9.17, 15) is 9.90 Å². The molecule has 0 saturated carbocycles. The molecular weight excluding hydrogens is 302 g/mol. The van der Waals surface area contributed by atoms with Gasteiger partial charge in [0, 0.05) is 25.7 Å². The van der Waals surface area contributed by atoms with Gasteiger partial charge in [-0.05, 0) is 51.8 Å². The zero-order valence-corrected chi connectivity index (χ0v) is 15.3. The van der Waals surface area contributed by atoms with Crippen molar-refractivity contribution >= 4 is 6.03 Å². The number of aliphatic hydroxyl groups is 1. The fourth-order valence-electron chi connectivity index (χ4n) is 3.50. The van der Waals surface area contributed by atoms with Gasteiger partial charge in [-0.25, -0.2) is 4.79 Å². The quantitative estimate of drug-likeness (QED) is 0.871. The Kier molecular flexibility index (Phi) is 6.63. The monoisotopic (exact) mass is 333 g/mol. The van der Waals surface area contributed by atoms with E-state index in [4.69, 9.17) is 0 Å². The fraction of sp³-hybridized carbons (Fsp3) is 0.632. The Morgan fingerprint density at radius 3 is 2.54 bits per heavy atom. The van der Waals surface area contributed by atoms with Gasteiger partial charge in [-0.1, -0.05) is 24.3 Å². The van der Waals surface area contributed by atoms with Gasteiger partial charge in [0.2, 0.25) is 0 Å². The van der Waals surface area contributed by atoms with Crippen molar-refractivity contribution in [3.63, 3.8) is 0 Å². The summed E-state index contributed by atoms with van der Waals surface area (Å²) in [6.07, 6.45) is 1.59. The maximum absolute atomic E-state index is 12.5. The normalized spacial score (nSPS) is 18.5. The van der Waals surface area contributed by atoms with E-state index in [-0.39, 0.29) is 18.2 Å². The van der Waals surface area contributed by atoms with Crippen LogP contribution in [0.1, 0.15) is 43.9 Å². The lowest BCUT2D eigenvalue weighted by Gasteiger charge is -2.37. The molecule has 24 heavy (non-hydrogen) atoms. The Morgan fingerprint density at radius 1 is 1.33 bits per heavy atom. The van der Waals surface area contributed by atoms with Crippen molar-refractivity contribution in [2.45, 2.75) is 51.8 Å². The molecule has 5 nitrogen and oxygen atoms in total. The molecule has 2 N–H and O–H groups in total. The van der Waals surface area contributed by atoms with E-state index < -0.39 is 0 Å². The lowest BCUT2D eigenvalue weighted by molar-refractivity contribution is 0.0871. The van der Waals surface area contributed by atoms with Crippen LogP contribution >= 0.6 is 0 Å². The molecule has 1 aromatic rings. The number of piperidine rings is 1. The van der Waals surface area contributed by atoms with Crippen LogP contribution in [-0.4, -0.2) is 59.8 Å². The lowest BCUT2D eigenvalue weighted by atomic mass is 10.0. The van der Waals surface area contributed by atoms with E-state index in [1.54, 1.807) is 0 Å². The number of aliphatic hydroxyl groups excluding tert-OH is 1. The number of rotatable bonds is 5. The average Bonchev–Trinajstić information content (AvgIpc) is 2.54. The number of nitrogens with one attached hydrogen (secondary N) is 1. The summed E-state index contributed by atoms with van der Waals surface area (Å²) < 4.78 is 0. The van der Waals surface area contributed by atoms with Crippen molar-refractivity contribution in [1.29, 1.82) is 0 Å². The number of likely N-dealkylation sites (tertiary alicyclic amines) is 1. The van der Waals surface area contributed by atoms with E-state index in [0.29, 0.717) is 12.6 Å². The van der Waals surface area contributed by atoms with Crippen molar-refractivity contribution < 1.29 is 9.90 Å². The Hall–Kier alpha value is -1.59. The second-order valence-corrected chi connectivity index (χ2v) is 7.03. The summed E-state index contributed by atoms with van der Waals surface area (Å²) in [5.74, 6) is 0. The molecule has 2 rings (SSSR count). The largest absolute Gasteiger partial charge is 0.392 e. The first-order valence-electron chi connectivity index (χ1n) is 8.87. The zero-order chi connectivity index (χ0) is 17.7. The molecule has 1 aromatic carbocycles. The van der Waals surface area contributed by atoms with Crippen molar-refractivity contribution in [2.24, 2.45) is 0 Å². The van der Waals surface area contributed by atoms with Gasteiger partial charge in [0.05, 0.1) is 12.1 Å². The molecule has 5 heteroatoms. The number of carbonyl (C=O) groups is 1. The maximum atomic E-state index is 12.5. The lowest BCUT2D eigenvalue weighted by Crippen LogP contribution is -2.50. The smallest absolute Gasteiger partial charge is 0.317 e. The van der Waals surface area contributed by atoms with Crippen LogP contribution < -0.4 is 5.32 Å². The molecule has 0 spiro atoms. The van der Waals surface area contributed by atoms with Crippen LogP contribution in [0.2, 0.25) is 0 Å². The molecule has 2 amide bonds. The third-order valence-electron chi connectivity index (χ3n) is 4.92. The third kappa shape index (κ3) is 4.95. The number of hydrogen-bond acceptors (Lipinski definition) is 3. The Morgan fingerprint density at radius 2 is 1.96 bits per heavy atom. The van der Waals surface area contributed by atoms with Crippen LogP contribution in [0.5, 0.6) is 0 Å². The van der Waals surface area contributed by atoms with Gasteiger partial charge >= 0.3 is 6.03 Å². The highest BCUT2D eigenvalue weighted by Crippen LogP contribution is 2.19. The number of nitrogens with zero attached hydrogens (tertiary/aromatic N) is 2. The zero-order valence-electron chi connectivity index (χ0n) is 15.3. The summed E-state index contributed by atoms with van der Waals surface area (Å²) in [4.78, 5) is 16.6. The van der Waals surface area contributed by atoms with E-state index in [0.717, 1.165) is 31.5 Å². The number of hydrogen-bond donors (Lipinski definition) is 2. The van der Waals surface area contributed by atoms with Gasteiger partial charge in [-0.3, -0.25) is 0 Å². The summed E-state index contributed by atoms with van der Waals surface area (Å²) in [6, 6.07) is 8.63. The van der Waals surface area contributed by atoms with Crippen LogP contribution in [0.25, 0.3) is 0 Å². The number of aryl methyl sites for hydroxylation is 1. The highest BCUT2D eigenvalue weighted by molar-refractivity contribution is 5.74. The SMILES string of the molecule is Cc1ccccc1[C@@H](C)NC(=O)N1CCC(N(C)CC(C)O)CC1. The molecule has 134 valence electrons. The summed E-state index contributed by atoms with van der Waals surface area (Å²) >= 11 is 0. The van der Waals surface area contributed by atoms with Crippen molar-refractivity contribution in [3.05, 3.63) is 35.4 Å². The minimum atomic E-state index is -0.314. The van der Waals surface area contributed by atoms with Gasteiger partial charge in [0.1, 0.15) is 0 Å². The molecule has 1 fully saturated rings. The number of carbonyl (C=O) groups excluding carboxylic acids is 1. The molecular formula is C19H31N3O2. The summed E-state index contributed by atoms with van der Waals surface area (Å²) in [7, 11) is 2.05. The van der Waals surface area contributed by atoms with E-state index in [2.05, 4.69) is 29.3 Å². The van der Waals surface area contributed by atoms with Gasteiger partial charge in [-0.15, -0.1) is 0 Å². The molecule has 0 aromatic heterocycles. The summed E-state index contributed by atoms with van der Waals surface area (Å²) in [5, 5.41) is 12.6. The number of urea groups is 1. The average molecular weight is 333 g/mol. The van der Waals surface area contributed by atoms with Gasteiger partial charge in [0.25, 0.3) is 0 Å². The van der Waals surface area contributed by atoms with Gasteiger partial charge < -0.3 is 20.2 Å². The molecule has 1 saturated heterocycles. The topological polar surface area (TPSA) is 55.8 Å². The predicted molar refractivity (Wildman–Crippen MR) is 97.0 cm³/mol. The third-order valence-corrected chi connectivity index (χ3v) is 4.92. The van der Waals surface area contributed by atoms with Crippen LogP contribution in [-0.2, 0) is 0 Å². The maximum Gasteiger partial charge on any atom is 0.317 e. The molecule has 0 aliphatic carbocycles. The number of likely N-dealkylation sites (N-methyl/N-ethyl adjacent to an activating group) is 1. The Bertz CT molecular complexity index is 539. The number of benzene rings is 1. The van der Waals surface area contributed by atoms with E-state index in [1.807, 2.05) is 37.9 Å². The van der Waals surface area contributed by atoms with Gasteiger partial charge in [-0.2, -0.15) is 0 Å². The Balaban J connectivity index is 1.84.